The number of hydrogen-bond acceptors (Lipinski definition) is 13. The summed E-state index contributed by atoms with van der Waals surface area (Å²) in [4.78, 5) is 53.7. The molecule has 32 heavy (non-hydrogen) atoms. The van der Waals surface area contributed by atoms with Gasteiger partial charge in [0.15, 0.2) is 11.6 Å². The predicted octanol–water partition coefficient (Wildman–Crippen LogP) is -1.54. The molecule has 0 aliphatic carbocycles. The summed E-state index contributed by atoms with van der Waals surface area (Å²) in [5.74, 6) is -1.80. The number of phosphoric acid groups is 3. The Bertz CT molecular complexity index is 1110. The molecule has 2 rings (SSSR count). The Morgan fingerprint density at radius 3 is 2.41 bits per heavy atom. The van der Waals surface area contributed by atoms with Gasteiger partial charge in [0.1, 0.15) is 18.4 Å². The highest BCUT2D eigenvalue weighted by molar-refractivity contribution is 7.66. The van der Waals surface area contributed by atoms with Crippen LogP contribution in [-0.4, -0.2) is 64.2 Å². The molecule has 1 aromatic rings. The summed E-state index contributed by atoms with van der Waals surface area (Å²) in [6, 6.07) is -1.49. The highest BCUT2D eigenvalue weighted by Gasteiger charge is 2.45. The van der Waals surface area contributed by atoms with Crippen molar-refractivity contribution < 1.29 is 61.4 Å². The van der Waals surface area contributed by atoms with E-state index >= 15 is 0 Å². The maximum absolute atomic E-state index is 12.2. The highest BCUT2D eigenvalue weighted by Crippen LogP contribution is 2.66. The number of nitrogens with zero attached hydrogens (tertiary/aromatic N) is 5. The Balaban J connectivity index is 2.39. The van der Waals surface area contributed by atoms with Crippen molar-refractivity contribution in [1.82, 2.24) is 9.55 Å². The minimum absolute atomic E-state index is 0.495. The largest absolute Gasteiger partial charge is 0.536 e. The molecule has 0 amide bonds. The molecule has 0 radical (unpaired) electrons. The molecule has 0 bridgehead atoms. The summed E-state index contributed by atoms with van der Waals surface area (Å²) in [5.41, 5.74) is 12.9. The molecule has 0 aromatic carbocycles. The number of aromatic nitrogens is 2. The van der Waals surface area contributed by atoms with Gasteiger partial charge in [0.25, 0.3) is 0 Å². The fourth-order valence-electron chi connectivity index (χ4n) is 2.43. The first kappa shape index (κ1) is 26.4. The molecule has 8 N–H and O–H groups in total. The van der Waals surface area contributed by atoms with E-state index in [-0.39, 0.29) is 0 Å². The fraction of sp³-hybridized carbons (Fsp3) is 0.556. The molecule has 1 aliphatic heterocycles. The van der Waals surface area contributed by atoms with E-state index < -0.39 is 71.8 Å². The topological polar surface area (TPSA) is 319 Å². The van der Waals surface area contributed by atoms with Gasteiger partial charge in [0.2, 0.25) is 0 Å². The number of ether oxygens (including phenoxy) is 1. The molecular formula is C9H15N6O14P3. The van der Waals surface area contributed by atoms with E-state index in [0.717, 1.165) is 0 Å². The Hall–Kier alpha value is -1.88. The average Bonchev–Trinajstić information content (AvgIpc) is 2.90. The van der Waals surface area contributed by atoms with Crippen molar-refractivity contribution in [3.63, 3.8) is 0 Å². The summed E-state index contributed by atoms with van der Waals surface area (Å²) < 4.78 is 51.3. The molecule has 1 aliphatic rings. The number of hydrogen-bond donors (Lipinski definition) is 7. The van der Waals surface area contributed by atoms with E-state index in [1.165, 1.54) is 0 Å². The summed E-state index contributed by atoms with van der Waals surface area (Å²) in [7, 11) is -17.2. The van der Waals surface area contributed by atoms with Crippen LogP contribution in [0.3, 0.4) is 0 Å². The minimum atomic E-state index is -5.84. The zero-order valence-electron chi connectivity index (χ0n) is 15.2. The summed E-state index contributed by atoms with van der Waals surface area (Å²) in [6.45, 7) is -0.749. The van der Waals surface area contributed by atoms with Crippen LogP contribution in [0, 0.1) is 0 Å². The number of aliphatic hydroxyl groups is 2. The number of azide groups is 1. The molecular weight excluding hydrogens is 509 g/mol. The molecule has 0 spiro atoms. The molecule has 2 unspecified atom stereocenters. The van der Waals surface area contributed by atoms with Gasteiger partial charge >= 0.3 is 29.2 Å². The highest BCUT2D eigenvalue weighted by atomic mass is 31.3. The SMILES string of the molecule is [N-]=[N+]=N[C@@H]1[C@H](O)[C@@H](CO)O[C@H]1n1cc(OP(=O)(O)OP(=O)(O)OP(=O)(O)O)c(N)nc1=O. The number of nitrogens with two attached hydrogens (primary N) is 1. The van der Waals surface area contributed by atoms with Crippen LogP contribution in [0.4, 0.5) is 5.82 Å². The Morgan fingerprint density at radius 1 is 1.25 bits per heavy atom. The average molecular weight is 524 g/mol. The van der Waals surface area contributed by atoms with E-state index in [2.05, 4.69) is 28.2 Å². The standard InChI is InChI=1S/C9H15N6O14P3/c10-7-3(27-31(22,23)29-32(24,25)28-30(19,20)21)1-15(9(18)12-7)8-5(13-14-11)6(17)4(2-16)26-8/h1,4-6,8,16-17H,2H2,(H,22,23)(H,24,25)(H2,10,12,18)(H2,19,20,21)/t4-,5-,6-,8-/m1/s1. The van der Waals surface area contributed by atoms with Gasteiger partial charge in [-0.25, -0.2) is 18.5 Å². The smallest absolute Gasteiger partial charge is 0.398 e. The van der Waals surface area contributed by atoms with Gasteiger partial charge in [-0.1, -0.05) is 5.11 Å². The second-order valence-electron chi connectivity index (χ2n) is 5.80. The van der Waals surface area contributed by atoms with Crippen LogP contribution in [0.15, 0.2) is 16.1 Å². The van der Waals surface area contributed by atoms with Crippen molar-refractivity contribution in [3.05, 3.63) is 27.1 Å². The van der Waals surface area contributed by atoms with E-state index in [1.54, 1.807) is 0 Å². The molecule has 23 heteroatoms. The lowest BCUT2D eigenvalue weighted by atomic mass is 10.1. The Kier molecular flexibility index (Phi) is 7.87. The predicted molar refractivity (Wildman–Crippen MR) is 97.3 cm³/mol. The zero-order chi connectivity index (χ0) is 24.5. The third-order valence-corrected chi connectivity index (χ3v) is 7.31. The Labute approximate surface area is 175 Å². The lowest BCUT2D eigenvalue weighted by molar-refractivity contribution is -0.0465. The number of nitrogen functional groups attached to an aromatic ring is 1. The molecule has 6 atom stereocenters. The third-order valence-electron chi connectivity index (χ3n) is 3.55. The summed E-state index contributed by atoms with van der Waals surface area (Å²) >= 11 is 0. The van der Waals surface area contributed by atoms with Gasteiger partial charge in [0.05, 0.1) is 18.9 Å². The molecule has 2 heterocycles. The van der Waals surface area contributed by atoms with Crippen molar-refractivity contribution in [2.75, 3.05) is 12.3 Å². The monoisotopic (exact) mass is 524 g/mol. The maximum Gasteiger partial charge on any atom is 0.536 e. The number of anilines is 1. The first-order valence-electron chi connectivity index (χ1n) is 7.80. The molecule has 0 saturated carbocycles. The van der Waals surface area contributed by atoms with Crippen LogP contribution in [0.5, 0.6) is 5.75 Å². The van der Waals surface area contributed by atoms with Crippen LogP contribution in [0.2, 0.25) is 0 Å². The maximum atomic E-state index is 12.2. The van der Waals surface area contributed by atoms with Crippen molar-refractivity contribution >= 4 is 29.3 Å². The van der Waals surface area contributed by atoms with Gasteiger partial charge in [-0.15, -0.1) is 0 Å². The first-order valence-corrected chi connectivity index (χ1v) is 12.3. The van der Waals surface area contributed by atoms with E-state index in [4.69, 9.17) is 25.8 Å². The second-order valence-corrected chi connectivity index (χ2v) is 10.1. The first-order chi connectivity index (χ1) is 14.6. The Morgan fingerprint density at radius 2 is 1.88 bits per heavy atom. The number of aliphatic hydroxyl groups excluding tert-OH is 2. The fourth-order valence-corrected chi connectivity index (χ4v) is 5.46. The van der Waals surface area contributed by atoms with Gasteiger partial charge in [-0.05, 0) is 5.53 Å². The quantitative estimate of drug-likeness (QED) is 0.0832. The van der Waals surface area contributed by atoms with Crippen LogP contribution < -0.4 is 15.9 Å². The van der Waals surface area contributed by atoms with Crippen LogP contribution in [0.25, 0.3) is 10.4 Å². The van der Waals surface area contributed by atoms with Crippen LogP contribution >= 0.6 is 23.5 Å². The lowest BCUT2D eigenvalue weighted by Gasteiger charge is -2.20. The van der Waals surface area contributed by atoms with Gasteiger partial charge in [-0.2, -0.15) is 13.6 Å². The molecule has 1 saturated heterocycles. The molecule has 1 aromatic heterocycles. The third kappa shape index (κ3) is 6.57. The second kappa shape index (κ2) is 9.54. The molecule has 1 fully saturated rings. The van der Waals surface area contributed by atoms with Crippen molar-refractivity contribution in [2.45, 2.75) is 24.5 Å². The van der Waals surface area contributed by atoms with Crippen LogP contribution in [0.1, 0.15) is 6.23 Å². The normalized spacial score (nSPS) is 27.2. The van der Waals surface area contributed by atoms with Crippen LogP contribution in [-0.2, 0) is 27.1 Å². The minimum Gasteiger partial charge on any atom is -0.398 e. The molecule has 180 valence electrons. The number of rotatable bonds is 9. The van der Waals surface area contributed by atoms with Crippen molar-refractivity contribution in [1.29, 1.82) is 0 Å². The summed E-state index contributed by atoms with van der Waals surface area (Å²) in [6.07, 6.45) is -3.92. The van der Waals surface area contributed by atoms with E-state index in [9.17, 15) is 38.5 Å². The molecule has 20 nitrogen and oxygen atoms in total. The van der Waals surface area contributed by atoms with Crippen molar-refractivity contribution in [3.8, 4) is 5.75 Å². The van der Waals surface area contributed by atoms with Gasteiger partial charge in [0, 0.05) is 4.91 Å². The number of phosphoric ester groups is 1. The lowest BCUT2D eigenvalue weighted by Crippen LogP contribution is -2.35. The van der Waals surface area contributed by atoms with E-state index in [1.807, 2.05) is 0 Å². The van der Waals surface area contributed by atoms with Gasteiger partial charge in [-0.3, -0.25) is 9.46 Å². The van der Waals surface area contributed by atoms with Crippen molar-refractivity contribution in [2.24, 2.45) is 5.11 Å². The summed E-state index contributed by atoms with van der Waals surface area (Å²) in [5, 5.41) is 22.5. The van der Waals surface area contributed by atoms with Gasteiger partial charge < -0.3 is 39.9 Å². The zero-order valence-corrected chi connectivity index (χ0v) is 17.9. The van der Waals surface area contributed by atoms with E-state index in [0.29, 0.717) is 10.8 Å².